The van der Waals surface area contributed by atoms with Crippen LogP contribution in [0, 0.1) is 11.3 Å². The molecule has 2 rings (SSSR count). The van der Waals surface area contributed by atoms with Crippen LogP contribution in [-0.4, -0.2) is 45.8 Å². The van der Waals surface area contributed by atoms with Crippen LogP contribution in [0.15, 0.2) is 24.8 Å². The molecule has 0 saturated carbocycles. The third kappa shape index (κ3) is 9.86. The van der Waals surface area contributed by atoms with Gasteiger partial charge in [-0.15, -0.1) is 0 Å². The maximum atomic E-state index is 11.4. The molecule has 0 aliphatic rings. The summed E-state index contributed by atoms with van der Waals surface area (Å²) in [6.45, 7) is 5.69. The molecule has 0 aliphatic heterocycles. The molecule has 0 atom stereocenters. The highest BCUT2D eigenvalue weighted by molar-refractivity contribution is 5.67. The average molecular weight is 390 g/mol. The van der Waals surface area contributed by atoms with Gasteiger partial charge in [0.25, 0.3) is 0 Å². The zero-order valence-corrected chi connectivity index (χ0v) is 15.9. The predicted molar refractivity (Wildman–Crippen MR) is 102 cm³/mol. The molecule has 152 valence electrons. The average Bonchev–Trinajstić information content (AvgIpc) is 2.65. The minimum atomic E-state index is -0.507. The molecule has 2 aromatic heterocycles. The number of methoxy groups -OCH3 is 2. The number of nitriles is 1. The highest BCUT2D eigenvalue weighted by Gasteiger charge is 2.15. The number of aromatic nitrogens is 4. The van der Waals surface area contributed by atoms with E-state index in [0.717, 1.165) is 0 Å². The summed E-state index contributed by atoms with van der Waals surface area (Å²) in [5, 5.41) is 11.0. The number of hydrogen-bond acceptors (Lipinski definition) is 9. The van der Waals surface area contributed by atoms with Crippen LogP contribution < -0.4 is 14.8 Å². The molecule has 10 heteroatoms. The molecule has 2 heterocycles. The van der Waals surface area contributed by atoms with E-state index in [1.807, 2.05) is 6.07 Å². The number of hydrogen-bond donors (Lipinski definition) is 1. The van der Waals surface area contributed by atoms with Crippen molar-refractivity contribution < 1.29 is 19.0 Å². The Bertz CT molecular complexity index is 786. The van der Waals surface area contributed by atoms with Crippen molar-refractivity contribution in [1.29, 1.82) is 5.26 Å². The van der Waals surface area contributed by atoms with Crippen molar-refractivity contribution >= 4 is 6.09 Å². The van der Waals surface area contributed by atoms with Gasteiger partial charge in [0.1, 0.15) is 30.0 Å². The van der Waals surface area contributed by atoms with Gasteiger partial charge >= 0.3 is 6.09 Å². The van der Waals surface area contributed by atoms with Gasteiger partial charge in [0, 0.05) is 12.1 Å². The van der Waals surface area contributed by atoms with E-state index < -0.39 is 11.7 Å². The molecule has 0 radical (unpaired) electrons. The first-order valence-corrected chi connectivity index (χ1v) is 7.85. The molecule has 0 fully saturated rings. The second kappa shape index (κ2) is 12.0. The SMILES string of the molecule is C.COc1cc(C#N)ncn1.COc1cc(CNC(=O)OC(C)(C)C)ncn1. The Morgan fingerprint density at radius 1 is 1.07 bits per heavy atom. The number of nitrogens with zero attached hydrogens (tertiary/aromatic N) is 5. The molecule has 0 spiro atoms. The molecule has 0 aromatic carbocycles. The van der Waals surface area contributed by atoms with Crippen molar-refractivity contribution in [3.63, 3.8) is 0 Å². The number of amides is 1. The van der Waals surface area contributed by atoms with Gasteiger partial charge in [0.15, 0.2) is 0 Å². The number of rotatable bonds is 4. The summed E-state index contributed by atoms with van der Waals surface area (Å²) in [5.74, 6) is 0.868. The summed E-state index contributed by atoms with van der Waals surface area (Å²) >= 11 is 0. The molecule has 0 saturated heterocycles. The van der Waals surface area contributed by atoms with Crippen LogP contribution in [0.4, 0.5) is 4.79 Å². The van der Waals surface area contributed by atoms with E-state index in [9.17, 15) is 4.79 Å². The van der Waals surface area contributed by atoms with Gasteiger partial charge in [-0.25, -0.2) is 24.7 Å². The standard InChI is InChI=1S/C11H17N3O3.C6H5N3O.CH4/c1-11(2,3)17-10(15)12-6-8-5-9(16-4)14-7-13-8;1-10-6-2-5(3-7)8-4-9-6;/h5,7H,6H2,1-4H3,(H,12,15);2,4H,1H3;1H4. The first kappa shape index (κ1) is 24.5. The van der Waals surface area contributed by atoms with Gasteiger partial charge in [0.2, 0.25) is 11.8 Å². The molecule has 0 unspecified atom stereocenters. The Hall–Kier alpha value is -3.48. The van der Waals surface area contributed by atoms with E-state index >= 15 is 0 Å². The molecular formula is C18H26N6O4. The van der Waals surface area contributed by atoms with E-state index in [-0.39, 0.29) is 14.0 Å². The Kier molecular flexibility index (Phi) is 10.5. The van der Waals surface area contributed by atoms with Crippen molar-refractivity contribution in [3.8, 4) is 17.8 Å². The van der Waals surface area contributed by atoms with E-state index in [4.69, 9.17) is 19.5 Å². The Labute approximate surface area is 164 Å². The minimum Gasteiger partial charge on any atom is -0.481 e. The van der Waals surface area contributed by atoms with Gasteiger partial charge in [-0.2, -0.15) is 5.26 Å². The largest absolute Gasteiger partial charge is 0.481 e. The van der Waals surface area contributed by atoms with Crippen LogP contribution in [0.1, 0.15) is 39.6 Å². The molecule has 0 aliphatic carbocycles. The smallest absolute Gasteiger partial charge is 0.407 e. The van der Waals surface area contributed by atoms with Crippen LogP contribution in [-0.2, 0) is 11.3 Å². The monoisotopic (exact) mass is 390 g/mol. The topological polar surface area (TPSA) is 132 Å². The summed E-state index contributed by atoms with van der Waals surface area (Å²) in [6.07, 6.45) is 2.19. The molecular weight excluding hydrogens is 364 g/mol. The molecule has 0 bridgehead atoms. The normalized spacial score (nSPS) is 9.57. The fraction of sp³-hybridized carbons (Fsp3) is 0.444. The summed E-state index contributed by atoms with van der Waals surface area (Å²) in [7, 11) is 3.01. The first-order chi connectivity index (χ1) is 12.8. The van der Waals surface area contributed by atoms with Gasteiger partial charge in [-0.05, 0) is 20.8 Å². The molecule has 28 heavy (non-hydrogen) atoms. The van der Waals surface area contributed by atoms with Gasteiger partial charge in [-0.3, -0.25) is 0 Å². The summed E-state index contributed by atoms with van der Waals surface area (Å²) in [6, 6.07) is 4.99. The third-order valence-electron chi connectivity index (χ3n) is 2.69. The third-order valence-corrected chi connectivity index (χ3v) is 2.69. The second-order valence-electron chi connectivity index (χ2n) is 5.96. The van der Waals surface area contributed by atoms with Crippen LogP contribution in [0.2, 0.25) is 0 Å². The fourth-order valence-corrected chi connectivity index (χ4v) is 1.57. The van der Waals surface area contributed by atoms with Crippen molar-refractivity contribution in [2.75, 3.05) is 14.2 Å². The molecule has 1 N–H and O–H groups in total. The Morgan fingerprint density at radius 3 is 2.18 bits per heavy atom. The van der Waals surface area contributed by atoms with Crippen molar-refractivity contribution in [3.05, 3.63) is 36.2 Å². The summed E-state index contributed by atoms with van der Waals surface area (Å²) in [4.78, 5) is 26.6. The quantitative estimate of drug-likeness (QED) is 0.836. The molecule has 1 amide bonds. The molecule has 10 nitrogen and oxygen atoms in total. The van der Waals surface area contributed by atoms with Crippen molar-refractivity contribution in [2.45, 2.75) is 40.3 Å². The number of alkyl carbamates (subject to hydrolysis) is 1. The van der Waals surface area contributed by atoms with E-state index in [2.05, 4.69) is 25.3 Å². The van der Waals surface area contributed by atoms with Gasteiger partial charge < -0.3 is 19.5 Å². The second-order valence-corrected chi connectivity index (χ2v) is 5.96. The lowest BCUT2D eigenvalue weighted by atomic mass is 10.2. The van der Waals surface area contributed by atoms with Gasteiger partial charge in [0.05, 0.1) is 26.5 Å². The summed E-state index contributed by atoms with van der Waals surface area (Å²) in [5.41, 5.74) is 0.461. The zero-order valence-electron chi connectivity index (χ0n) is 15.9. The van der Waals surface area contributed by atoms with Crippen LogP contribution >= 0.6 is 0 Å². The number of carbonyl (C=O) groups excluding carboxylic acids is 1. The Balaban J connectivity index is 0.000000567. The van der Waals surface area contributed by atoms with Crippen LogP contribution in [0.5, 0.6) is 11.8 Å². The lowest BCUT2D eigenvalue weighted by Crippen LogP contribution is -2.32. The van der Waals surface area contributed by atoms with Crippen molar-refractivity contribution in [1.82, 2.24) is 25.3 Å². The maximum absolute atomic E-state index is 11.4. The first-order valence-electron chi connectivity index (χ1n) is 7.85. The van der Waals surface area contributed by atoms with Crippen LogP contribution in [0.3, 0.4) is 0 Å². The highest BCUT2D eigenvalue weighted by atomic mass is 16.6. The minimum absolute atomic E-state index is 0. The molecule has 2 aromatic rings. The van der Waals surface area contributed by atoms with E-state index in [1.54, 1.807) is 26.8 Å². The van der Waals surface area contributed by atoms with E-state index in [0.29, 0.717) is 23.1 Å². The maximum Gasteiger partial charge on any atom is 0.407 e. The zero-order chi connectivity index (χ0) is 20.3. The summed E-state index contributed by atoms with van der Waals surface area (Å²) < 4.78 is 14.8. The van der Waals surface area contributed by atoms with Gasteiger partial charge in [-0.1, -0.05) is 7.43 Å². The number of ether oxygens (including phenoxy) is 3. The lowest BCUT2D eigenvalue weighted by Gasteiger charge is -2.19. The number of nitrogens with one attached hydrogen (secondary N) is 1. The van der Waals surface area contributed by atoms with Crippen LogP contribution in [0.25, 0.3) is 0 Å². The van der Waals surface area contributed by atoms with E-state index in [1.165, 1.54) is 32.9 Å². The Morgan fingerprint density at radius 2 is 1.64 bits per heavy atom. The predicted octanol–water partition coefficient (Wildman–Crippen LogP) is 2.50. The fourth-order valence-electron chi connectivity index (χ4n) is 1.57. The van der Waals surface area contributed by atoms with Crippen molar-refractivity contribution in [2.24, 2.45) is 0 Å². The number of carbonyl (C=O) groups is 1. The highest BCUT2D eigenvalue weighted by Crippen LogP contribution is 2.08. The lowest BCUT2D eigenvalue weighted by molar-refractivity contribution is 0.0523.